The van der Waals surface area contributed by atoms with Crippen molar-refractivity contribution in [3.8, 4) is 0 Å². The van der Waals surface area contributed by atoms with Crippen LogP contribution in [0.3, 0.4) is 0 Å². The third kappa shape index (κ3) is 2.40. The van der Waals surface area contributed by atoms with E-state index >= 15 is 0 Å². The fraction of sp³-hybridized carbons (Fsp3) is 0.190. The normalized spacial score (nSPS) is 15.3. The van der Waals surface area contributed by atoms with Gasteiger partial charge in [-0.1, -0.05) is 23.9 Å². The molecule has 2 nitrogen and oxygen atoms in total. The first kappa shape index (κ1) is 15.3. The quantitative estimate of drug-likeness (QED) is 0.589. The Balaban J connectivity index is 1.79. The van der Waals surface area contributed by atoms with Crippen LogP contribution in [-0.2, 0) is 7.05 Å². The molecule has 4 rings (SSSR count). The average molecular weight is 333 g/mol. The van der Waals surface area contributed by atoms with E-state index in [1.165, 1.54) is 43.3 Å². The van der Waals surface area contributed by atoms with Gasteiger partial charge >= 0.3 is 0 Å². The lowest BCUT2D eigenvalue weighted by atomic mass is 10.1. The first-order chi connectivity index (χ1) is 11.5. The largest absolute Gasteiger partial charge is 0.338 e. The molecule has 24 heavy (non-hydrogen) atoms. The van der Waals surface area contributed by atoms with Gasteiger partial charge in [0, 0.05) is 35.5 Å². The van der Waals surface area contributed by atoms with E-state index in [9.17, 15) is 0 Å². The number of aryl methyl sites for hydroxylation is 3. The topological polar surface area (TPSA) is 7.12 Å². The second-order valence-electron chi connectivity index (χ2n) is 6.42. The van der Waals surface area contributed by atoms with E-state index in [-0.39, 0.29) is 0 Å². The zero-order valence-corrected chi connectivity index (χ0v) is 15.3. The Kier molecular flexibility index (Phi) is 3.61. The molecule has 0 radical (unpaired) electrons. The van der Waals surface area contributed by atoms with Gasteiger partial charge in [0.25, 0.3) is 0 Å². The summed E-state index contributed by atoms with van der Waals surface area (Å²) in [5.74, 6) is 0. The molecule has 1 aliphatic rings. The van der Waals surface area contributed by atoms with Crippen LogP contribution in [0.15, 0.2) is 58.5 Å². The lowest BCUT2D eigenvalue weighted by Crippen LogP contribution is -2.32. The molecule has 1 aromatic heterocycles. The second-order valence-corrected chi connectivity index (χ2v) is 7.49. The maximum Gasteiger partial charge on any atom is 0.212 e. The summed E-state index contributed by atoms with van der Waals surface area (Å²) in [4.78, 5) is 3.64. The molecule has 0 spiro atoms. The SMILES string of the molecule is Cc1cc2c(cc1C)N(C)/C(=C/c1ccc3ccccc3[n+]1C)S2. The van der Waals surface area contributed by atoms with E-state index in [1.807, 2.05) is 11.8 Å². The first-order valence-corrected chi connectivity index (χ1v) is 8.98. The molecule has 120 valence electrons. The molecule has 0 N–H and O–H groups in total. The molecule has 0 atom stereocenters. The molecule has 3 aromatic rings. The van der Waals surface area contributed by atoms with Crippen LogP contribution in [0.5, 0.6) is 0 Å². The zero-order valence-electron chi connectivity index (χ0n) is 14.5. The van der Waals surface area contributed by atoms with Crippen molar-refractivity contribution in [1.82, 2.24) is 0 Å². The van der Waals surface area contributed by atoms with Gasteiger partial charge < -0.3 is 4.90 Å². The monoisotopic (exact) mass is 333 g/mol. The second kappa shape index (κ2) is 5.67. The zero-order chi connectivity index (χ0) is 16.8. The van der Waals surface area contributed by atoms with E-state index < -0.39 is 0 Å². The Morgan fingerprint density at radius 2 is 1.75 bits per heavy atom. The third-order valence-corrected chi connectivity index (χ3v) is 6.02. The van der Waals surface area contributed by atoms with E-state index in [0.29, 0.717) is 0 Å². The minimum absolute atomic E-state index is 1.21. The number of nitrogens with zero attached hydrogens (tertiary/aromatic N) is 2. The standard InChI is InChI=1S/C21H21N2S/c1-14-11-19-20(12-15(14)2)24-21(23(19)4)13-17-10-9-16-7-5-6-8-18(16)22(17)3/h5-13H,1-4H3/q+1. The first-order valence-electron chi connectivity index (χ1n) is 8.17. The van der Waals surface area contributed by atoms with Gasteiger partial charge in [-0.3, -0.25) is 0 Å². The molecule has 2 aromatic carbocycles. The van der Waals surface area contributed by atoms with Crippen LogP contribution < -0.4 is 9.47 Å². The molecule has 0 aliphatic carbocycles. The summed E-state index contributed by atoms with van der Waals surface area (Å²) in [7, 11) is 4.29. The van der Waals surface area contributed by atoms with Gasteiger partial charge in [-0.25, -0.2) is 0 Å². The van der Waals surface area contributed by atoms with Crippen LogP contribution in [0.4, 0.5) is 5.69 Å². The average Bonchev–Trinajstić information content (AvgIpc) is 2.87. The molecule has 0 bridgehead atoms. The number of pyridine rings is 1. The smallest absolute Gasteiger partial charge is 0.212 e. The highest BCUT2D eigenvalue weighted by molar-refractivity contribution is 8.03. The minimum Gasteiger partial charge on any atom is -0.338 e. The number of para-hydroxylation sites is 1. The van der Waals surface area contributed by atoms with Crippen molar-refractivity contribution >= 4 is 34.4 Å². The summed E-state index contributed by atoms with van der Waals surface area (Å²) in [6.07, 6.45) is 2.28. The van der Waals surface area contributed by atoms with Crippen molar-refractivity contribution in [2.75, 3.05) is 11.9 Å². The van der Waals surface area contributed by atoms with Crippen molar-refractivity contribution in [1.29, 1.82) is 0 Å². The summed E-state index contributed by atoms with van der Waals surface area (Å²) < 4.78 is 2.26. The number of aromatic nitrogens is 1. The molecule has 0 saturated carbocycles. The fourth-order valence-corrected chi connectivity index (χ4v) is 4.35. The van der Waals surface area contributed by atoms with Gasteiger partial charge in [0.15, 0.2) is 0 Å². The van der Waals surface area contributed by atoms with Crippen molar-refractivity contribution in [3.05, 3.63) is 70.4 Å². The van der Waals surface area contributed by atoms with Gasteiger partial charge in [0.05, 0.1) is 10.7 Å². The Labute approximate surface area is 147 Å². The highest BCUT2D eigenvalue weighted by atomic mass is 32.2. The number of thioether (sulfide) groups is 1. The molecular formula is C21H21N2S+. The maximum atomic E-state index is 2.30. The van der Waals surface area contributed by atoms with Crippen molar-refractivity contribution in [2.45, 2.75) is 18.7 Å². The number of anilines is 1. The number of benzene rings is 2. The highest BCUT2D eigenvalue weighted by Gasteiger charge is 2.24. The van der Waals surface area contributed by atoms with Crippen LogP contribution in [0.2, 0.25) is 0 Å². The number of fused-ring (bicyclic) bond motifs is 2. The third-order valence-electron chi connectivity index (χ3n) is 4.87. The number of rotatable bonds is 1. The molecule has 0 unspecified atom stereocenters. The highest BCUT2D eigenvalue weighted by Crippen LogP contribution is 2.46. The fourth-order valence-electron chi connectivity index (χ4n) is 3.18. The van der Waals surface area contributed by atoms with Crippen LogP contribution in [0.25, 0.3) is 17.0 Å². The molecular weight excluding hydrogens is 312 g/mol. The number of hydrogen-bond acceptors (Lipinski definition) is 2. The summed E-state index contributed by atoms with van der Waals surface area (Å²) in [5.41, 5.74) is 6.47. The Morgan fingerprint density at radius 3 is 2.58 bits per heavy atom. The minimum atomic E-state index is 1.21. The van der Waals surface area contributed by atoms with Crippen molar-refractivity contribution < 1.29 is 4.57 Å². The molecule has 0 fully saturated rings. The molecule has 1 aliphatic heterocycles. The van der Waals surface area contributed by atoms with Gasteiger partial charge in [-0.2, -0.15) is 4.57 Å². The van der Waals surface area contributed by atoms with Gasteiger partial charge in [-0.15, -0.1) is 0 Å². The Morgan fingerprint density at radius 1 is 1.00 bits per heavy atom. The van der Waals surface area contributed by atoms with Crippen molar-refractivity contribution in [2.24, 2.45) is 7.05 Å². The Hall–Kier alpha value is -2.26. The van der Waals surface area contributed by atoms with Crippen molar-refractivity contribution in [3.63, 3.8) is 0 Å². The lowest BCUT2D eigenvalue weighted by Gasteiger charge is -2.14. The molecule has 0 saturated heterocycles. The summed E-state index contributed by atoms with van der Waals surface area (Å²) >= 11 is 1.85. The number of hydrogen-bond donors (Lipinski definition) is 0. The van der Waals surface area contributed by atoms with E-state index in [4.69, 9.17) is 0 Å². The van der Waals surface area contributed by atoms with Gasteiger partial charge in [0.2, 0.25) is 11.2 Å². The van der Waals surface area contributed by atoms with Gasteiger partial charge in [0.1, 0.15) is 7.05 Å². The molecule has 0 amide bonds. The Bertz CT molecular complexity index is 989. The van der Waals surface area contributed by atoms with Crippen LogP contribution in [0.1, 0.15) is 16.8 Å². The molecule has 3 heteroatoms. The summed E-state index contributed by atoms with van der Waals surface area (Å²) in [5, 5.41) is 2.53. The van der Waals surface area contributed by atoms with Gasteiger partial charge in [-0.05, 0) is 49.2 Å². The summed E-state index contributed by atoms with van der Waals surface area (Å²) in [6, 6.07) is 17.5. The van der Waals surface area contributed by atoms with E-state index in [2.05, 4.69) is 92.0 Å². The van der Waals surface area contributed by atoms with E-state index in [1.54, 1.807) is 0 Å². The van der Waals surface area contributed by atoms with E-state index in [0.717, 1.165) is 0 Å². The lowest BCUT2D eigenvalue weighted by molar-refractivity contribution is -0.646. The van der Waals surface area contributed by atoms with Crippen LogP contribution in [-0.4, -0.2) is 7.05 Å². The predicted octanol–water partition coefficient (Wildman–Crippen LogP) is 4.82. The predicted molar refractivity (Wildman–Crippen MR) is 103 cm³/mol. The van der Waals surface area contributed by atoms with Crippen LogP contribution in [0, 0.1) is 13.8 Å². The summed E-state index contributed by atoms with van der Waals surface area (Å²) in [6.45, 7) is 4.36. The maximum absolute atomic E-state index is 2.30. The van der Waals surface area contributed by atoms with Crippen LogP contribution >= 0.6 is 11.8 Å². The molecule has 2 heterocycles.